The summed E-state index contributed by atoms with van der Waals surface area (Å²) in [6.45, 7) is -0.197. The molecule has 0 radical (unpaired) electrons. The highest BCUT2D eigenvalue weighted by molar-refractivity contribution is 5.31. The first-order valence-electron chi connectivity index (χ1n) is 5.23. The van der Waals surface area contributed by atoms with Gasteiger partial charge in [0.15, 0.2) is 11.5 Å². The summed E-state index contributed by atoms with van der Waals surface area (Å²) in [4.78, 5) is 3.92. The molecule has 0 aliphatic heterocycles. The summed E-state index contributed by atoms with van der Waals surface area (Å²) in [7, 11) is 1.25. The van der Waals surface area contributed by atoms with Crippen LogP contribution in [-0.4, -0.2) is 27.0 Å². The number of aliphatic hydroxyl groups excluding tert-OH is 1. The highest BCUT2D eigenvalue weighted by Gasteiger charge is 2.35. The van der Waals surface area contributed by atoms with Gasteiger partial charge in [-0.05, 0) is 11.6 Å². The third-order valence-corrected chi connectivity index (χ3v) is 2.38. The van der Waals surface area contributed by atoms with E-state index in [1.54, 1.807) is 0 Å². The van der Waals surface area contributed by atoms with Crippen molar-refractivity contribution in [1.29, 1.82) is 0 Å². The van der Waals surface area contributed by atoms with Crippen molar-refractivity contribution < 1.29 is 23.0 Å². The van der Waals surface area contributed by atoms with Gasteiger partial charge in [0, 0.05) is 12.3 Å². The van der Waals surface area contributed by atoms with Crippen molar-refractivity contribution in [1.82, 2.24) is 14.8 Å². The van der Waals surface area contributed by atoms with Gasteiger partial charge in [0.25, 0.3) is 0 Å². The molecule has 0 aliphatic rings. The van der Waals surface area contributed by atoms with Crippen molar-refractivity contribution >= 4 is 0 Å². The molecule has 0 fully saturated rings. The van der Waals surface area contributed by atoms with Gasteiger partial charge in [0.2, 0.25) is 5.88 Å². The molecule has 0 atom stereocenters. The van der Waals surface area contributed by atoms with Gasteiger partial charge in [0.05, 0.1) is 13.7 Å². The molecule has 0 bridgehead atoms. The van der Waals surface area contributed by atoms with E-state index in [-0.39, 0.29) is 18.3 Å². The van der Waals surface area contributed by atoms with Gasteiger partial charge >= 0.3 is 6.18 Å². The van der Waals surface area contributed by atoms with Gasteiger partial charge in [-0.3, -0.25) is 0 Å². The summed E-state index contributed by atoms with van der Waals surface area (Å²) in [5.74, 6) is 0.0983. The molecule has 2 aromatic heterocycles. The van der Waals surface area contributed by atoms with Gasteiger partial charge in [-0.2, -0.15) is 23.0 Å². The minimum Gasteiger partial charge on any atom is -0.481 e. The van der Waals surface area contributed by atoms with E-state index in [2.05, 4.69) is 10.1 Å². The predicted molar refractivity (Wildman–Crippen MR) is 58.8 cm³/mol. The fourth-order valence-electron chi connectivity index (χ4n) is 1.45. The lowest BCUT2D eigenvalue weighted by molar-refractivity contribution is -0.141. The SMILES string of the molecule is COc1cc(C(F)(F)F)nn1-c1ccc(CO)cn1. The molecule has 0 aromatic carbocycles. The Kier molecular flexibility index (Phi) is 3.43. The molecular weight excluding hydrogens is 263 g/mol. The first-order valence-corrected chi connectivity index (χ1v) is 5.23. The Morgan fingerprint density at radius 3 is 2.58 bits per heavy atom. The van der Waals surface area contributed by atoms with Crippen LogP contribution in [-0.2, 0) is 12.8 Å². The Hall–Kier alpha value is -2.09. The van der Waals surface area contributed by atoms with Crippen LogP contribution in [0.4, 0.5) is 13.2 Å². The van der Waals surface area contributed by atoms with Crippen LogP contribution in [0.2, 0.25) is 0 Å². The number of aromatic nitrogens is 3. The largest absolute Gasteiger partial charge is 0.481 e. The second kappa shape index (κ2) is 4.88. The minimum absolute atomic E-state index is 0.0726. The van der Waals surface area contributed by atoms with Gasteiger partial charge in [-0.1, -0.05) is 6.07 Å². The molecule has 5 nitrogen and oxygen atoms in total. The van der Waals surface area contributed by atoms with Crippen LogP contribution < -0.4 is 4.74 Å². The molecule has 0 saturated heterocycles. The number of ether oxygens (including phenoxy) is 1. The summed E-state index contributed by atoms with van der Waals surface area (Å²) in [6.07, 6.45) is -3.20. The van der Waals surface area contributed by atoms with Gasteiger partial charge in [0.1, 0.15) is 0 Å². The Bertz CT molecular complexity index is 564. The van der Waals surface area contributed by atoms with E-state index < -0.39 is 11.9 Å². The van der Waals surface area contributed by atoms with Gasteiger partial charge in [-0.15, -0.1) is 0 Å². The zero-order valence-corrected chi connectivity index (χ0v) is 9.85. The molecule has 2 aromatic rings. The number of pyridine rings is 1. The van der Waals surface area contributed by atoms with Crippen molar-refractivity contribution in [3.63, 3.8) is 0 Å². The van der Waals surface area contributed by atoms with E-state index in [1.165, 1.54) is 25.4 Å². The molecule has 0 amide bonds. The van der Waals surface area contributed by atoms with Crippen LogP contribution in [0.5, 0.6) is 5.88 Å². The minimum atomic E-state index is -4.55. The first-order chi connectivity index (χ1) is 8.95. The monoisotopic (exact) mass is 273 g/mol. The Balaban J connectivity index is 2.45. The molecule has 0 spiro atoms. The third-order valence-electron chi connectivity index (χ3n) is 2.38. The smallest absolute Gasteiger partial charge is 0.435 e. The van der Waals surface area contributed by atoms with E-state index >= 15 is 0 Å². The Morgan fingerprint density at radius 1 is 1.37 bits per heavy atom. The molecule has 8 heteroatoms. The number of alkyl halides is 3. The fourth-order valence-corrected chi connectivity index (χ4v) is 1.45. The van der Waals surface area contributed by atoms with Crippen molar-refractivity contribution in [2.45, 2.75) is 12.8 Å². The number of hydrogen-bond acceptors (Lipinski definition) is 4. The number of rotatable bonds is 3. The van der Waals surface area contributed by atoms with E-state index in [0.29, 0.717) is 5.56 Å². The summed E-state index contributed by atoms with van der Waals surface area (Å²) < 4.78 is 43.5. The van der Waals surface area contributed by atoms with Crippen LogP contribution in [0.15, 0.2) is 24.4 Å². The van der Waals surface area contributed by atoms with Gasteiger partial charge in [-0.25, -0.2) is 4.98 Å². The third kappa shape index (κ3) is 2.68. The fraction of sp³-hybridized carbons (Fsp3) is 0.273. The number of halogens is 3. The van der Waals surface area contributed by atoms with Crippen molar-refractivity contribution in [3.05, 3.63) is 35.7 Å². The number of nitrogens with zero attached hydrogens (tertiary/aromatic N) is 3. The quantitative estimate of drug-likeness (QED) is 0.926. The summed E-state index contributed by atoms with van der Waals surface area (Å²) >= 11 is 0. The zero-order chi connectivity index (χ0) is 14.0. The van der Waals surface area contributed by atoms with E-state index in [9.17, 15) is 13.2 Å². The second-order valence-electron chi connectivity index (χ2n) is 3.66. The average Bonchev–Trinajstić information content (AvgIpc) is 2.83. The Labute approximate surface area is 106 Å². The number of hydrogen-bond donors (Lipinski definition) is 1. The average molecular weight is 273 g/mol. The zero-order valence-electron chi connectivity index (χ0n) is 9.85. The van der Waals surface area contributed by atoms with Crippen LogP contribution in [0.3, 0.4) is 0 Å². The Morgan fingerprint density at radius 2 is 2.11 bits per heavy atom. The molecule has 0 unspecified atom stereocenters. The van der Waals surface area contributed by atoms with E-state index in [0.717, 1.165) is 10.7 Å². The lowest BCUT2D eigenvalue weighted by atomic mass is 10.3. The molecule has 1 N–H and O–H groups in total. The molecule has 19 heavy (non-hydrogen) atoms. The number of aliphatic hydroxyl groups is 1. The maximum atomic E-state index is 12.6. The van der Waals surface area contributed by atoms with Gasteiger partial charge < -0.3 is 9.84 Å². The number of methoxy groups -OCH3 is 1. The maximum absolute atomic E-state index is 12.6. The summed E-state index contributed by atoms with van der Waals surface area (Å²) in [5, 5.41) is 12.3. The molecule has 102 valence electrons. The molecule has 2 heterocycles. The maximum Gasteiger partial charge on any atom is 0.435 e. The summed E-state index contributed by atoms with van der Waals surface area (Å²) in [6, 6.07) is 3.78. The van der Waals surface area contributed by atoms with E-state index in [1.807, 2.05) is 0 Å². The van der Waals surface area contributed by atoms with Crippen LogP contribution in [0.1, 0.15) is 11.3 Å². The highest BCUT2D eigenvalue weighted by atomic mass is 19.4. The predicted octanol–water partition coefficient (Wildman–Crippen LogP) is 1.79. The molecular formula is C11H10F3N3O2. The topological polar surface area (TPSA) is 60.2 Å². The van der Waals surface area contributed by atoms with Crippen molar-refractivity contribution in [2.75, 3.05) is 7.11 Å². The van der Waals surface area contributed by atoms with Crippen molar-refractivity contribution in [2.24, 2.45) is 0 Å². The van der Waals surface area contributed by atoms with Crippen molar-refractivity contribution in [3.8, 4) is 11.7 Å². The summed E-state index contributed by atoms with van der Waals surface area (Å²) in [5.41, 5.74) is -0.511. The second-order valence-corrected chi connectivity index (χ2v) is 3.66. The highest BCUT2D eigenvalue weighted by Crippen LogP contribution is 2.31. The molecule has 0 aliphatic carbocycles. The molecule has 0 saturated carbocycles. The standard InChI is InChI=1S/C11H10F3N3O2/c1-19-10-4-8(11(12,13)14)16-17(10)9-3-2-7(6-18)5-15-9/h2-5,18H,6H2,1H3. The van der Waals surface area contributed by atoms with Crippen LogP contribution in [0, 0.1) is 0 Å². The lowest BCUT2D eigenvalue weighted by Crippen LogP contribution is -2.08. The molecule has 2 rings (SSSR count). The lowest BCUT2D eigenvalue weighted by Gasteiger charge is -2.05. The van der Waals surface area contributed by atoms with Crippen LogP contribution in [0.25, 0.3) is 5.82 Å². The normalized spacial score (nSPS) is 11.6. The van der Waals surface area contributed by atoms with E-state index in [4.69, 9.17) is 9.84 Å². The van der Waals surface area contributed by atoms with Crippen LogP contribution >= 0.6 is 0 Å². The first kappa shape index (κ1) is 13.3.